The van der Waals surface area contributed by atoms with Crippen molar-refractivity contribution in [3.63, 3.8) is 0 Å². The molecule has 0 spiro atoms. The van der Waals surface area contributed by atoms with Crippen LogP contribution in [0, 0.1) is 11.8 Å². The number of nitrogens with one attached hydrogen (secondary N) is 2. The molecule has 2 aliphatic rings. The zero-order valence-corrected chi connectivity index (χ0v) is 13.3. The molecule has 0 aromatic carbocycles. The van der Waals surface area contributed by atoms with Crippen LogP contribution in [0.4, 0.5) is 0 Å². The third-order valence-electron chi connectivity index (χ3n) is 4.45. The van der Waals surface area contributed by atoms with Crippen molar-refractivity contribution < 1.29 is 9.53 Å². The summed E-state index contributed by atoms with van der Waals surface area (Å²) < 4.78 is 5.62. The summed E-state index contributed by atoms with van der Waals surface area (Å²) in [6.07, 6.45) is 6.87. The van der Waals surface area contributed by atoms with E-state index in [1.165, 1.54) is 19.3 Å². The summed E-state index contributed by atoms with van der Waals surface area (Å²) >= 11 is 0. The van der Waals surface area contributed by atoms with Gasteiger partial charge in [-0.3, -0.25) is 4.79 Å². The van der Waals surface area contributed by atoms with E-state index in [2.05, 4.69) is 17.6 Å². The molecule has 4 nitrogen and oxygen atoms in total. The molecule has 2 fully saturated rings. The average Bonchev–Trinajstić information content (AvgIpc) is 2.47. The number of piperidine rings is 1. The average molecular weight is 305 g/mol. The van der Waals surface area contributed by atoms with Crippen molar-refractivity contribution in [1.82, 2.24) is 10.6 Å². The summed E-state index contributed by atoms with van der Waals surface area (Å²) in [4.78, 5) is 12.0. The first-order chi connectivity index (χ1) is 9.25. The molecule has 3 unspecified atom stereocenters. The molecule has 2 N–H and O–H groups in total. The van der Waals surface area contributed by atoms with Crippen molar-refractivity contribution in [2.24, 2.45) is 11.8 Å². The quantitative estimate of drug-likeness (QED) is 0.818. The molecule has 2 saturated heterocycles. The Morgan fingerprint density at radius 3 is 2.85 bits per heavy atom. The molecule has 20 heavy (non-hydrogen) atoms. The second kappa shape index (κ2) is 9.59. The van der Waals surface area contributed by atoms with E-state index in [4.69, 9.17) is 4.74 Å². The van der Waals surface area contributed by atoms with Crippen molar-refractivity contribution in [2.45, 2.75) is 51.6 Å². The third kappa shape index (κ3) is 5.98. The fraction of sp³-hybridized carbons (Fsp3) is 0.933. The number of ether oxygens (including phenoxy) is 1. The zero-order valence-electron chi connectivity index (χ0n) is 12.5. The number of rotatable bonds is 5. The molecule has 0 saturated carbocycles. The predicted molar refractivity (Wildman–Crippen MR) is 83.2 cm³/mol. The second-order valence-electron chi connectivity index (χ2n) is 6.08. The van der Waals surface area contributed by atoms with Crippen LogP contribution in [0.1, 0.15) is 45.4 Å². The molecule has 0 radical (unpaired) electrons. The smallest absolute Gasteiger partial charge is 0.220 e. The fourth-order valence-corrected chi connectivity index (χ4v) is 3.09. The highest BCUT2D eigenvalue weighted by Gasteiger charge is 2.22. The van der Waals surface area contributed by atoms with E-state index >= 15 is 0 Å². The van der Waals surface area contributed by atoms with Gasteiger partial charge in [-0.25, -0.2) is 0 Å². The normalized spacial score (nSPS) is 28.2. The van der Waals surface area contributed by atoms with Gasteiger partial charge in [0.25, 0.3) is 0 Å². The van der Waals surface area contributed by atoms with E-state index in [0.717, 1.165) is 32.5 Å². The minimum atomic E-state index is 0. The van der Waals surface area contributed by atoms with Gasteiger partial charge in [0.1, 0.15) is 0 Å². The van der Waals surface area contributed by atoms with E-state index < -0.39 is 0 Å². The maximum Gasteiger partial charge on any atom is 0.220 e. The number of hydrogen-bond acceptors (Lipinski definition) is 3. The summed E-state index contributed by atoms with van der Waals surface area (Å²) in [5, 5.41) is 6.46. The summed E-state index contributed by atoms with van der Waals surface area (Å²) in [7, 11) is 0. The van der Waals surface area contributed by atoms with Gasteiger partial charge >= 0.3 is 0 Å². The number of hydrogen-bond donors (Lipinski definition) is 2. The van der Waals surface area contributed by atoms with E-state index in [0.29, 0.717) is 24.8 Å². The number of halogens is 1. The van der Waals surface area contributed by atoms with Crippen molar-refractivity contribution >= 4 is 18.3 Å². The summed E-state index contributed by atoms with van der Waals surface area (Å²) in [5.74, 6) is 1.32. The van der Waals surface area contributed by atoms with E-state index in [9.17, 15) is 4.79 Å². The van der Waals surface area contributed by atoms with Gasteiger partial charge in [-0.05, 0) is 57.0 Å². The molecule has 0 aromatic rings. The fourth-order valence-electron chi connectivity index (χ4n) is 3.09. The van der Waals surface area contributed by atoms with Crippen LogP contribution >= 0.6 is 12.4 Å². The van der Waals surface area contributed by atoms with Crippen molar-refractivity contribution in [3.8, 4) is 0 Å². The Morgan fingerprint density at radius 2 is 2.20 bits per heavy atom. The van der Waals surface area contributed by atoms with Crippen LogP contribution in [0.25, 0.3) is 0 Å². The molecular weight excluding hydrogens is 276 g/mol. The molecule has 2 heterocycles. The Labute approximate surface area is 128 Å². The first kappa shape index (κ1) is 17.7. The van der Waals surface area contributed by atoms with Crippen LogP contribution in [0.2, 0.25) is 0 Å². The minimum absolute atomic E-state index is 0. The first-order valence-corrected chi connectivity index (χ1v) is 7.84. The molecule has 5 heteroatoms. The van der Waals surface area contributed by atoms with E-state index in [1.54, 1.807) is 0 Å². The number of carbonyl (C=O) groups is 1. The van der Waals surface area contributed by atoms with Crippen LogP contribution in [-0.2, 0) is 9.53 Å². The van der Waals surface area contributed by atoms with Crippen molar-refractivity contribution in [3.05, 3.63) is 0 Å². The molecule has 0 bridgehead atoms. The van der Waals surface area contributed by atoms with Crippen LogP contribution < -0.4 is 10.6 Å². The van der Waals surface area contributed by atoms with Crippen molar-refractivity contribution in [1.29, 1.82) is 0 Å². The van der Waals surface area contributed by atoms with Gasteiger partial charge in [-0.1, -0.05) is 6.92 Å². The van der Waals surface area contributed by atoms with E-state index in [-0.39, 0.29) is 24.4 Å². The Balaban J connectivity index is 0.00000200. The predicted octanol–water partition coefficient (Wildman–Crippen LogP) is 2.12. The molecule has 2 rings (SSSR count). The van der Waals surface area contributed by atoms with Gasteiger partial charge in [-0.15, -0.1) is 12.4 Å². The maximum atomic E-state index is 12.0. The summed E-state index contributed by atoms with van der Waals surface area (Å²) in [5.41, 5.74) is 0. The standard InChI is InChI=1S/C15H28N2O2.ClH/c1-12(13-5-4-7-16-10-13)9-15(18)17-11-14-6-2-3-8-19-14;/h12-14,16H,2-11H2,1H3,(H,17,18);1H. The van der Waals surface area contributed by atoms with Gasteiger partial charge in [0.05, 0.1) is 6.10 Å². The lowest BCUT2D eigenvalue weighted by Gasteiger charge is -2.28. The lowest BCUT2D eigenvalue weighted by molar-refractivity contribution is -0.123. The highest BCUT2D eigenvalue weighted by molar-refractivity contribution is 5.85. The number of amides is 1. The topological polar surface area (TPSA) is 50.4 Å². The summed E-state index contributed by atoms with van der Waals surface area (Å²) in [6.45, 7) is 5.95. The van der Waals surface area contributed by atoms with Crippen LogP contribution in [0.15, 0.2) is 0 Å². The Bertz CT molecular complexity index is 277. The molecule has 3 atom stereocenters. The SMILES string of the molecule is CC(CC(=O)NCC1CCCCO1)C1CCCNC1.Cl. The lowest BCUT2D eigenvalue weighted by Crippen LogP contribution is -2.38. The molecular formula is C15H29ClN2O2. The largest absolute Gasteiger partial charge is 0.376 e. The summed E-state index contributed by atoms with van der Waals surface area (Å²) in [6, 6.07) is 0. The van der Waals surface area contributed by atoms with Gasteiger partial charge in [0.15, 0.2) is 0 Å². The van der Waals surface area contributed by atoms with Crippen molar-refractivity contribution in [2.75, 3.05) is 26.2 Å². The Kier molecular flexibility index (Phi) is 8.50. The first-order valence-electron chi connectivity index (χ1n) is 7.84. The monoisotopic (exact) mass is 304 g/mol. The second-order valence-corrected chi connectivity index (χ2v) is 6.08. The van der Waals surface area contributed by atoms with Gasteiger partial charge < -0.3 is 15.4 Å². The molecule has 0 aliphatic carbocycles. The minimum Gasteiger partial charge on any atom is -0.376 e. The third-order valence-corrected chi connectivity index (χ3v) is 4.45. The lowest BCUT2D eigenvalue weighted by atomic mass is 9.85. The van der Waals surface area contributed by atoms with E-state index in [1.807, 2.05) is 0 Å². The molecule has 118 valence electrons. The molecule has 0 aromatic heterocycles. The van der Waals surface area contributed by atoms with Gasteiger partial charge in [-0.2, -0.15) is 0 Å². The Morgan fingerprint density at radius 1 is 1.35 bits per heavy atom. The highest BCUT2D eigenvalue weighted by atomic mass is 35.5. The Hall–Kier alpha value is -0.320. The maximum absolute atomic E-state index is 12.0. The molecule has 2 aliphatic heterocycles. The van der Waals surface area contributed by atoms with Gasteiger partial charge in [0.2, 0.25) is 5.91 Å². The zero-order chi connectivity index (χ0) is 13.5. The van der Waals surface area contributed by atoms with Crippen LogP contribution in [0.3, 0.4) is 0 Å². The van der Waals surface area contributed by atoms with Crippen LogP contribution in [0.5, 0.6) is 0 Å². The van der Waals surface area contributed by atoms with Crippen LogP contribution in [-0.4, -0.2) is 38.3 Å². The highest BCUT2D eigenvalue weighted by Crippen LogP contribution is 2.22. The number of carbonyl (C=O) groups excluding carboxylic acids is 1. The van der Waals surface area contributed by atoms with Gasteiger partial charge in [0, 0.05) is 19.6 Å². The molecule has 1 amide bonds.